The number of para-hydroxylation sites is 1. The van der Waals surface area contributed by atoms with Gasteiger partial charge in [-0.1, -0.05) is 6.07 Å². The molecule has 1 spiro atoms. The zero-order chi connectivity index (χ0) is 19.0. The Balaban J connectivity index is 1.53. The minimum atomic E-state index is -0.438. The summed E-state index contributed by atoms with van der Waals surface area (Å²) in [4.78, 5) is 32.2. The Morgan fingerprint density at radius 1 is 1.22 bits per heavy atom. The summed E-state index contributed by atoms with van der Waals surface area (Å²) in [5, 5.41) is 9.53. The quantitative estimate of drug-likeness (QED) is 0.851. The number of benzene rings is 1. The Morgan fingerprint density at radius 2 is 2.07 bits per heavy atom. The van der Waals surface area contributed by atoms with Crippen LogP contribution in [0.2, 0.25) is 0 Å². The highest BCUT2D eigenvalue weighted by molar-refractivity contribution is 5.84. The van der Waals surface area contributed by atoms with E-state index in [4.69, 9.17) is 0 Å². The van der Waals surface area contributed by atoms with Crippen LogP contribution in [-0.4, -0.2) is 58.6 Å². The molecule has 2 saturated heterocycles. The van der Waals surface area contributed by atoms with Gasteiger partial charge in [0.1, 0.15) is 5.82 Å². The standard InChI is InChI=1S/C20H24FN3O3/c21-16-4-1-3-15-17(26)11-14(22-18(15)16)12-23-8-6-20(13-23)5-2-7-24(9-10-25)19(20)27/h1,3-4,11,25H,2,5-10,12-13H2,(H,22,26). The molecule has 0 aliphatic carbocycles. The number of aliphatic hydroxyl groups is 1. The van der Waals surface area contributed by atoms with E-state index in [-0.39, 0.29) is 23.5 Å². The average Bonchev–Trinajstić information content (AvgIpc) is 3.04. The van der Waals surface area contributed by atoms with Gasteiger partial charge in [0.25, 0.3) is 0 Å². The number of pyridine rings is 1. The Labute approximate surface area is 156 Å². The molecule has 1 aromatic heterocycles. The van der Waals surface area contributed by atoms with Gasteiger partial charge in [-0.15, -0.1) is 0 Å². The number of halogens is 1. The molecule has 6 nitrogen and oxygen atoms in total. The number of likely N-dealkylation sites (tertiary alicyclic amines) is 2. The molecule has 2 N–H and O–H groups in total. The van der Waals surface area contributed by atoms with Crippen molar-refractivity contribution < 1.29 is 14.3 Å². The highest BCUT2D eigenvalue weighted by Crippen LogP contribution is 2.40. The fourth-order valence-electron chi connectivity index (χ4n) is 4.57. The molecule has 2 aliphatic rings. The van der Waals surface area contributed by atoms with Crippen LogP contribution in [0.3, 0.4) is 0 Å². The SMILES string of the molecule is O=C1N(CCO)CCCC12CCN(Cc1cc(=O)c3cccc(F)c3[nH]1)C2. The number of β-amino-alcohol motifs (C(OH)–C–C–N with tert-alkyl or cyclic N) is 1. The third-order valence-corrected chi connectivity index (χ3v) is 5.89. The minimum Gasteiger partial charge on any atom is -0.395 e. The first-order chi connectivity index (χ1) is 13.0. The van der Waals surface area contributed by atoms with Crippen LogP contribution in [0.5, 0.6) is 0 Å². The first kappa shape index (κ1) is 18.1. The third kappa shape index (κ3) is 3.26. The molecule has 3 heterocycles. The Hall–Kier alpha value is -2.25. The van der Waals surface area contributed by atoms with E-state index < -0.39 is 11.2 Å². The third-order valence-electron chi connectivity index (χ3n) is 5.89. The number of carbonyl (C=O) groups is 1. The average molecular weight is 373 g/mol. The number of aliphatic hydroxyl groups excluding tert-OH is 1. The molecular formula is C20H24FN3O3. The van der Waals surface area contributed by atoms with E-state index in [0.717, 1.165) is 25.8 Å². The van der Waals surface area contributed by atoms with Gasteiger partial charge in [-0.3, -0.25) is 14.5 Å². The molecule has 7 heteroatoms. The lowest BCUT2D eigenvalue weighted by Crippen LogP contribution is -2.50. The van der Waals surface area contributed by atoms with Crippen molar-refractivity contribution in [1.29, 1.82) is 0 Å². The molecule has 2 aromatic rings. The van der Waals surface area contributed by atoms with Crippen molar-refractivity contribution in [2.45, 2.75) is 25.8 Å². The molecule has 27 heavy (non-hydrogen) atoms. The second-order valence-electron chi connectivity index (χ2n) is 7.68. The minimum absolute atomic E-state index is 0.0184. The molecule has 2 aliphatic heterocycles. The van der Waals surface area contributed by atoms with Crippen molar-refractivity contribution in [2.24, 2.45) is 5.41 Å². The van der Waals surface area contributed by atoms with Crippen LogP contribution in [0.15, 0.2) is 29.1 Å². The first-order valence-electron chi connectivity index (χ1n) is 9.45. The number of carbonyl (C=O) groups excluding carboxylic acids is 1. The highest BCUT2D eigenvalue weighted by Gasteiger charge is 2.48. The number of piperidine rings is 1. The summed E-state index contributed by atoms with van der Waals surface area (Å²) in [5.74, 6) is -0.310. The Kier molecular flexibility index (Phi) is 4.74. The number of rotatable bonds is 4. The van der Waals surface area contributed by atoms with Crippen LogP contribution < -0.4 is 5.43 Å². The van der Waals surface area contributed by atoms with Gasteiger partial charge >= 0.3 is 0 Å². The van der Waals surface area contributed by atoms with Crippen LogP contribution in [-0.2, 0) is 11.3 Å². The summed E-state index contributed by atoms with van der Waals surface area (Å²) >= 11 is 0. The van der Waals surface area contributed by atoms with Crippen LogP contribution in [0, 0.1) is 11.2 Å². The van der Waals surface area contributed by atoms with Gasteiger partial charge < -0.3 is 15.0 Å². The van der Waals surface area contributed by atoms with Crippen LogP contribution in [0.1, 0.15) is 25.0 Å². The fourth-order valence-corrected chi connectivity index (χ4v) is 4.57. The molecule has 4 rings (SSSR count). The molecule has 2 fully saturated rings. The van der Waals surface area contributed by atoms with Gasteiger partial charge in [-0.2, -0.15) is 0 Å². The zero-order valence-corrected chi connectivity index (χ0v) is 15.2. The molecule has 1 amide bonds. The number of nitrogens with one attached hydrogen (secondary N) is 1. The van der Waals surface area contributed by atoms with Crippen LogP contribution in [0.4, 0.5) is 4.39 Å². The number of hydrogen-bond donors (Lipinski definition) is 2. The molecule has 1 unspecified atom stereocenters. The number of H-pyrrole nitrogens is 1. The van der Waals surface area contributed by atoms with Gasteiger partial charge in [0.15, 0.2) is 5.43 Å². The number of aromatic nitrogens is 1. The maximum absolute atomic E-state index is 14.1. The largest absolute Gasteiger partial charge is 0.395 e. The summed E-state index contributed by atoms with van der Waals surface area (Å²) in [6.07, 6.45) is 2.57. The fraction of sp³-hybridized carbons (Fsp3) is 0.500. The molecule has 144 valence electrons. The van der Waals surface area contributed by atoms with Crippen molar-refractivity contribution in [3.8, 4) is 0 Å². The highest BCUT2D eigenvalue weighted by atomic mass is 19.1. The predicted molar refractivity (Wildman–Crippen MR) is 99.8 cm³/mol. The smallest absolute Gasteiger partial charge is 0.230 e. The van der Waals surface area contributed by atoms with E-state index in [2.05, 4.69) is 9.88 Å². The lowest BCUT2D eigenvalue weighted by atomic mass is 9.78. The van der Waals surface area contributed by atoms with Crippen molar-refractivity contribution in [2.75, 3.05) is 32.8 Å². The van der Waals surface area contributed by atoms with Gasteiger partial charge in [0, 0.05) is 43.3 Å². The van der Waals surface area contributed by atoms with E-state index in [1.54, 1.807) is 11.0 Å². The summed E-state index contributed by atoms with van der Waals surface area (Å²) in [5.41, 5.74) is 0.299. The first-order valence-corrected chi connectivity index (χ1v) is 9.45. The molecular weight excluding hydrogens is 349 g/mol. The monoisotopic (exact) mass is 373 g/mol. The van der Waals surface area contributed by atoms with Crippen molar-refractivity contribution in [1.82, 2.24) is 14.8 Å². The number of fused-ring (bicyclic) bond motifs is 1. The van der Waals surface area contributed by atoms with Gasteiger partial charge in [-0.05, 0) is 37.9 Å². The second kappa shape index (κ2) is 7.05. The van der Waals surface area contributed by atoms with Gasteiger partial charge in [-0.25, -0.2) is 4.39 Å². The zero-order valence-electron chi connectivity index (χ0n) is 15.2. The summed E-state index contributed by atoms with van der Waals surface area (Å²) in [6.45, 7) is 2.95. The van der Waals surface area contributed by atoms with E-state index in [9.17, 15) is 19.1 Å². The maximum atomic E-state index is 14.1. The lowest BCUT2D eigenvalue weighted by Gasteiger charge is -2.39. The molecule has 0 bridgehead atoms. The summed E-state index contributed by atoms with van der Waals surface area (Å²) in [6, 6.07) is 6.00. The molecule has 1 aromatic carbocycles. The van der Waals surface area contributed by atoms with E-state index in [0.29, 0.717) is 37.3 Å². The van der Waals surface area contributed by atoms with Crippen LogP contribution >= 0.6 is 0 Å². The van der Waals surface area contributed by atoms with Gasteiger partial charge in [0.05, 0.1) is 17.5 Å². The van der Waals surface area contributed by atoms with E-state index in [1.165, 1.54) is 18.2 Å². The van der Waals surface area contributed by atoms with E-state index in [1.807, 2.05) is 0 Å². The Bertz CT molecular complexity index is 926. The lowest BCUT2D eigenvalue weighted by molar-refractivity contribution is -0.146. The number of hydrogen-bond acceptors (Lipinski definition) is 4. The van der Waals surface area contributed by atoms with Crippen molar-refractivity contribution in [3.63, 3.8) is 0 Å². The number of amides is 1. The maximum Gasteiger partial charge on any atom is 0.230 e. The predicted octanol–water partition coefficient (Wildman–Crippen LogP) is 1.47. The molecule has 1 atom stereocenters. The van der Waals surface area contributed by atoms with Crippen molar-refractivity contribution >= 4 is 16.8 Å². The summed E-state index contributed by atoms with van der Waals surface area (Å²) < 4.78 is 14.1. The van der Waals surface area contributed by atoms with Gasteiger partial charge in [0.2, 0.25) is 5.91 Å². The Morgan fingerprint density at radius 3 is 2.89 bits per heavy atom. The normalized spacial score (nSPS) is 23.6. The second-order valence-corrected chi connectivity index (χ2v) is 7.68. The number of nitrogens with zero attached hydrogens (tertiary/aromatic N) is 2. The number of aromatic amines is 1. The van der Waals surface area contributed by atoms with E-state index >= 15 is 0 Å². The summed E-state index contributed by atoms with van der Waals surface area (Å²) in [7, 11) is 0. The van der Waals surface area contributed by atoms with Crippen LogP contribution in [0.25, 0.3) is 10.9 Å². The molecule has 0 radical (unpaired) electrons. The topological polar surface area (TPSA) is 76.6 Å². The molecule has 0 saturated carbocycles. The van der Waals surface area contributed by atoms with Crippen molar-refractivity contribution in [3.05, 3.63) is 46.0 Å².